The molecule has 1 aliphatic rings. The van der Waals surface area contributed by atoms with Gasteiger partial charge < -0.3 is 25.4 Å². The second-order valence-electron chi connectivity index (χ2n) is 6.49. The van der Waals surface area contributed by atoms with E-state index in [-0.39, 0.29) is 5.75 Å². The van der Waals surface area contributed by atoms with Gasteiger partial charge in [-0.2, -0.15) is 4.39 Å². The molecule has 10 heteroatoms. The molecule has 1 aromatic heterocycles. The summed E-state index contributed by atoms with van der Waals surface area (Å²) in [5.41, 5.74) is 6.17. The van der Waals surface area contributed by atoms with Gasteiger partial charge in [0.1, 0.15) is 0 Å². The molecule has 1 amide bonds. The summed E-state index contributed by atoms with van der Waals surface area (Å²) in [7, 11) is 0. The van der Waals surface area contributed by atoms with Crippen LogP contribution in [-0.2, 0) is 9.53 Å². The number of nitrogens with two attached hydrogens (primary N) is 1. The standard InChI is InChI=1S/C19H24F2N4O3S/c20-14-4-3-13(15-12-29-19(24-15)25-7-9-27-10-8-25)18(17(14)21)28-11-16(26)23-6-2-1-5-22/h3-4,12H,1-2,5-11,22H2,(H,23,26). The summed E-state index contributed by atoms with van der Waals surface area (Å²) < 4.78 is 38.9. The fourth-order valence-electron chi connectivity index (χ4n) is 2.85. The molecule has 0 atom stereocenters. The normalized spacial score (nSPS) is 14.1. The summed E-state index contributed by atoms with van der Waals surface area (Å²) in [4.78, 5) is 18.5. The number of nitrogens with one attached hydrogen (secondary N) is 1. The van der Waals surface area contributed by atoms with Crippen LogP contribution in [-0.4, -0.2) is 56.9 Å². The molecule has 0 unspecified atom stereocenters. The topological polar surface area (TPSA) is 89.7 Å². The Labute approximate surface area is 171 Å². The van der Waals surface area contributed by atoms with E-state index < -0.39 is 24.1 Å². The number of halogens is 2. The van der Waals surface area contributed by atoms with Crippen molar-refractivity contribution in [1.29, 1.82) is 0 Å². The van der Waals surface area contributed by atoms with Gasteiger partial charge in [0.15, 0.2) is 23.3 Å². The van der Waals surface area contributed by atoms with Gasteiger partial charge in [-0.3, -0.25) is 4.79 Å². The van der Waals surface area contributed by atoms with E-state index in [2.05, 4.69) is 15.2 Å². The molecule has 0 radical (unpaired) electrons. The highest BCUT2D eigenvalue weighted by atomic mass is 32.1. The number of aromatic nitrogens is 1. The molecule has 29 heavy (non-hydrogen) atoms. The molecular weight excluding hydrogens is 402 g/mol. The Hall–Kier alpha value is -2.30. The predicted molar refractivity (Wildman–Crippen MR) is 107 cm³/mol. The minimum Gasteiger partial charge on any atom is -0.480 e. The van der Waals surface area contributed by atoms with Gasteiger partial charge in [0, 0.05) is 30.6 Å². The lowest BCUT2D eigenvalue weighted by molar-refractivity contribution is -0.123. The Balaban J connectivity index is 1.72. The molecule has 0 spiro atoms. The Kier molecular flexibility index (Phi) is 7.73. The van der Waals surface area contributed by atoms with Crippen molar-refractivity contribution in [1.82, 2.24) is 10.3 Å². The number of benzene rings is 1. The van der Waals surface area contributed by atoms with Gasteiger partial charge in [-0.15, -0.1) is 11.3 Å². The Bertz CT molecular complexity index is 828. The second kappa shape index (κ2) is 10.5. The molecular formula is C19H24F2N4O3S. The van der Waals surface area contributed by atoms with Crippen molar-refractivity contribution in [2.75, 3.05) is 50.9 Å². The molecule has 2 aromatic rings. The number of hydrogen-bond acceptors (Lipinski definition) is 7. The highest BCUT2D eigenvalue weighted by Gasteiger charge is 2.21. The lowest BCUT2D eigenvalue weighted by Gasteiger charge is -2.26. The van der Waals surface area contributed by atoms with Crippen molar-refractivity contribution in [3.05, 3.63) is 29.1 Å². The van der Waals surface area contributed by atoms with Gasteiger partial charge in [-0.25, -0.2) is 9.37 Å². The fraction of sp³-hybridized carbons (Fsp3) is 0.474. The van der Waals surface area contributed by atoms with Crippen LogP contribution in [0.3, 0.4) is 0 Å². The summed E-state index contributed by atoms with van der Waals surface area (Å²) in [6.07, 6.45) is 1.53. The molecule has 1 saturated heterocycles. The van der Waals surface area contributed by atoms with E-state index >= 15 is 0 Å². The van der Waals surface area contributed by atoms with Crippen LogP contribution in [0.5, 0.6) is 5.75 Å². The number of unbranched alkanes of at least 4 members (excludes halogenated alkanes) is 1. The SMILES string of the molecule is NCCCCNC(=O)COc1c(-c2csc(N3CCOCC3)n2)ccc(F)c1F. The van der Waals surface area contributed by atoms with E-state index in [4.69, 9.17) is 15.2 Å². The Morgan fingerprint density at radius 1 is 1.31 bits per heavy atom. The maximum absolute atomic E-state index is 14.4. The van der Waals surface area contributed by atoms with E-state index in [9.17, 15) is 13.6 Å². The quantitative estimate of drug-likeness (QED) is 0.598. The van der Waals surface area contributed by atoms with Crippen LogP contribution in [0.2, 0.25) is 0 Å². The first-order chi connectivity index (χ1) is 14.1. The summed E-state index contributed by atoms with van der Waals surface area (Å²) >= 11 is 1.41. The number of anilines is 1. The van der Waals surface area contributed by atoms with E-state index in [0.29, 0.717) is 37.6 Å². The maximum Gasteiger partial charge on any atom is 0.257 e. The van der Waals surface area contributed by atoms with Crippen molar-refractivity contribution < 1.29 is 23.0 Å². The third-order valence-electron chi connectivity index (χ3n) is 4.40. The third-order valence-corrected chi connectivity index (χ3v) is 5.30. The highest BCUT2D eigenvalue weighted by molar-refractivity contribution is 7.14. The molecule has 1 aliphatic heterocycles. The smallest absolute Gasteiger partial charge is 0.257 e. The summed E-state index contributed by atoms with van der Waals surface area (Å²) in [5, 5.41) is 5.20. The molecule has 1 aromatic carbocycles. The lowest BCUT2D eigenvalue weighted by atomic mass is 10.1. The summed E-state index contributed by atoms with van der Waals surface area (Å²) in [5.74, 6) is -2.92. The first-order valence-corrected chi connectivity index (χ1v) is 10.3. The molecule has 0 aliphatic carbocycles. The number of carbonyl (C=O) groups is 1. The molecule has 3 rings (SSSR count). The van der Waals surface area contributed by atoms with Gasteiger partial charge >= 0.3 is 0 Å². The Morgan fingerprint density at radius 3 is 2.86 bits per heavy atom. The van der Waals surface area contributed by atoms with Crippen molar-refractivity contribution in [2.45, 2.75) is 12.8 Å². The predicted octanol–water partition coefficient (Wildman–Crippen LogP) is 2.16. The zero-order valence-corrected chi connectivity index (χ0v) is 16.8. The zero-order valence-electron chi connectivity index (χ0n) is 16.0. The number of carbonyl (C=O) groups excluding carboxylic acids is 1. The summed E-state index contributed by atoms with van der Waals surface area (Å²) in [6, 6.07) is 2.43. The summed E-state index contributed by atoms with van der Waals surface area (Å²) in [6.45, 7) is 3.26. The van der Waals surface area contributed by atoms with Crippen LogP contribution in [0.25, 0.3) is 11.3 Å². The lowest BCUT2D eigenvalue weighted by Crippen LogP contribution is -2.36. The van der Waals surface area contributed by atoms with Crippen molar-refractivity contribution in [2.24, 2.45) is 5.73 Å². The molecule has 3 N–H and O–H groups in total. The average molecular weight is 426 g/mol. The first-order valence-electron chi connectivity index (χ1n) is 9.46. The van der Waals surface area contributed by atoms with Gasteiger partial charge in [-0.05, 0) is 31.5 Å². The molecule has 7 nitrogen and oxygen atoms in total. The molecule has 2 heterocycles. The number of ether oxygens (including phenoxy) is 2. The van der Waals surface area contributed by atoms with Crippen LogP contribution in [0.15, 0.2) is 17.5 Å². The van der Waals surface area contributed by atoms with Crippen LogP contribution in [0.1, 0.15) is 12.8 Å². The van der Waals surface area contributed by atoms with Crippen LogP contribution in [0, 0.1) is 11.6 Å². The van der Waals surface area contributed by atoms with Gasteiger partial charge in [-0.1, -0.05) is 0 Å². The highest BCUT2D eigenvalue weighted by Crippen LogP contribution is 2.36. The number of nitrogens with zero attached hydrogens (tertiary/aromatic N) is 2. The van der Waals surface area contributed by atoms with Gasteiger partial charge in [0.2, 0.25) is 5.82 Å². The van der Waals surface area contributed by atoms with Gasteiger partial charge in [0.05, 0.1) is 18.9 Å². The zero-order chi connectivity index (χ0) is 20.6. The van der Waals surface area contributed by atoms with Crippen molar-refractivity contribution >= 4 is 22.4 Å². The maximum atomic E-state index is 14.4. The van der Waals surface area contributed by atoms with E-state index in [1.807, 2.05) is 0 Å². The monoisotopic (exact) mass is 426 g/mol. The average Bonchev–Trinajstić information content (AvgIpc) is 3.23. The number of morpholine rings is 1. The van der Waals surface area contributed by atoms with Crippen LogP contribution >= 0.6 is 11.3 Å². The second-order valence-corrected chi connectivity index (χ2v) is 7.32. The minimum absolute atomic E-state index is 0.301. The fourth-order valence-corrected chi connectivity index (χ4v) is 3.73. The number of hydrogen-bond donors (Lipinski definition) is 2. The molecule has 0 bridgehead atoms. The van der Waals surface area contributed by atoms with Crippen molar-refractivity contribution in [3.8, 4) is 17.0 Å². The van der Waals surface area contributed by atoms with E-state index in [0.717, 1.165) is 37.1 Å². The van der Waals surface area contributed by atoms with Crippen LogP contribution in [0.4, 0.5) is 13.9 Å². The largest absolute Gasteiger partial charge is 0.480 e. The number of amides is 1. The minimum atomic E-state index is -1.14. The first kappa shape index (κ1) is 21.4. The number of rotatable bonds is 9. The third kappa shape index (κ3) is 5.62. The number of thiazole rings is 1. The molecule has 1 fully saturated rings. The van der Waals surface area contributed by atoms with Crippen LogP contribution < -0.4 is 20.7 Å². The van der Waals surface area contributed by atoms with E-state index in [1.165, 1.54) is 17.4 Å². The molecule has 158 valence electrons. The van der Waals surface area contributed by atoms with Crippen molar-refractivity contribution in [3.63, 3.8) is 0 Å². The Morgan fingerprint density at radius 2 is 2.10 bits per heavy atom. The molecule has 0 saturated carbocycles. The van der Waals surface area contributed by atoms with Gasteiger partial charge in [0.25, 0.3) is 5.91 Å². The van der Waals surface area contributed by atoms with E-state index in [1.54, 1.807) is 5.38 Å².